The Labute approximate surface area is 206 Å². The van der Waals surface area contributed by atoms with E-state index in [0.717, 1.165) is 30.8 Å². The average Bonchev–Trinajstić information content (AvgIpc) is 3.09. The van der Waals surface area contributed by atoms with Gasteiger partial charge in [-0.2, -0.15) is 0 Å². The van der Waals surface area contributed by atoms with Gasteiger partial charge in [0.05, 0.1) is 24.8 Å². The van der Waals surface area contributed by atoms with E-state index in [0.29, 0.717) is 31.7 Å². The predicted octanol–water partition coefficient (Wildman–Crippen LogP) is 4.27. The molecule has 0 bridgehead atoms. The Balaban J connectivity index is 1.68. The third kappa shape index (κ3) is 5.46. The van der Waals surface area contributed by atoms with Gasteiger partial charge in [-0.3, -0.25) is 14.5 Å². The molecule has 0 radical (unpaired) electrons. The molecule has 2 saturated heterocycles. The highest BCUT2D eigenvalue weighted by atomic mass is 19.1. The van der Waals surface area contributed by atoms with E-state index in [1.165, 1.54) is 24.3 Å². The third-order valence-corrected chi connectivity index (χ3v) is 6.73. The van der Waals surface area contributed by atoms with E-state index in [1.807, 2.05) is 24.3 Å². The SMILES string of the molecule is CC(C)(C)c1ccc([C@H]2/C(=C(\O)c3ccc(F)cc3)C(=O)C(=O)N2CCCN2CCOCC2)cc1. The molecule has 6 nitrogen and oxygen atoms in total. The lowest BCUT2D eigenvalue weighted by Gasteiger charge is -2.29. The third-order valence-electron chi connectivity index (χ3n) is 6.73. The van der Waals surface area contributed by atoms with Gasteiger partial charge < -0.3 is 14.7 Å². The second-order valence-corrected chi connectivity index (χ2v) is 10.2. The molecule has 0 aromatic heterocycles. The molecule has 0 saturated carbocycles. The lowest BCUT2D eigenvalue weighted by Crippen LogP contribution is -2.39. The minimum Gasteiger partial charge on any atom is -0.507 e. The highest BCUT2D eigenvalue weighted by Crippen LogP contribution is 2.40. The number of carbonyl (C=O) groups excluding carboxylic acids is 2. The fourth-order valence-corrected chi connectivity index (χ4v) is 4.68. The number of hydrogen-bond donors (Lipinski definition) is 1. The summed E-state index contributed by atoms with van der Waals surface area (Å²) in [7, 11) is 0. The number of Topliss-reactive ketones (excluding diaryl/α,β-unsaturated/α-hetero) is 1. The summed E-state index contributed by atoms with van der Waals surface area (Å²) in [6.45, 7) is 10.6. The maximum absolute atomic E-state index is 13.5. The van der Waals surface area contributed by atoms with Crippen molar-refractivity contribution < 1.29 is 23.8 Å². The molecule has 7 heteroatoms. The second kappa shape index (κ2) is 10.3. The van der Waals surface area contributed by atoms with E-state index in [1.54, 1.807) is 4.90 Å². The molecule has 0 unspecified atom stereocenters. The van der Waals surface area contributed by atoms with Crippen LogP contribution in [0, 0.1) is 5.82 Å². The van der Waals surface area contributed by atoms with Crippen molar-refractivity contribution in [3.63, 3.8) is 0 Å². The predicted molar refractivity (Wildman–Crippen MR) is 132 cm³/mol. The zero-order valence-electron chi connectivity index (χ0n) is 20.6. The Bertz CT molecular complexity index is 1100. The van der Waals surface area contributed by atoms with Crippen LogP contribution >= 0.6 is 0 Å². The molecule has 4 rings (SSSR count). The van der Waals surface area contributed by atoms with Gasteiger partial charge in [0.15, 0.2) is 0 Å². The van der Waals surface area contributed by atoms with E-state index < -0.39 is 23.5 Å². The van der Waals surface area contributed by atoms with Crippen LogP contribution in [0.2, 0.25) is 0 Å². The standard InChI is InChI=1S/C28H33FN2O4/c1-28(2,3)21-9-5-19(6-10-21)24-23(25(32)20-7-11-22(29)12-8-20)26(33)27(34)31(24)14-4-13-30-15-17-35-18-16-30/h5-12,24,32H,4,13-18H2,1-3H3/b25-23+/t24-/m0/s1. The van der Waals surface area contributed by atoms with Crippen LogP contribution in [0.25, 0.3) is 5.76 Å². The minimum atomic E-state index is -0.719. The monoisotopic (exact) mass is 480 g/mol. The molecule has 2 fully saturated rings. The molecule has 2 aromatic carbocycles. The highest BCUT2D eigenvalue weighted by Gasteiger charge is 2.45. The van der Waals surface area contributed by atoms with Crippen LogP contribution in [0.15, 0.2) is 54.1 Å². The fraction of sp³-hybridized carbons (Fsp3) is 0.429. The zero-order valence-corrected chi connectivity index (χ0v) is 20.6. The van der Waals surface area contributed by atoms with E-state index in [4.69, 9.17) is 4.74 Å². The van der Waals surface area contributed by atoms with Gasteiger partial charge in [0.25, 0.3) is 11.7 Å². The largest absolute Gasteiger partial charge is 0.507 e. The molecule has 35 heavy (non-hydrogen) atoms. The second-order valence-electron chi connectivity index (χ2n) is 10.2. The average molecular weight is 481 g/mol. The Morgan fingerprint density at radius 2 is 1.63 bits per heavy atom. The Morgan fingerprint density at radius 3 is 2.23 bits per heavy atom. The normalized spacial score (nSPS) is 21.0. The van der Waals surface area contributed by atoms with Crippen LogP contribution in [0.3, 0.4) is 0 Å². The van der Waals surface area contributed by atoms with Gasteiger partial charge in [0, 0.05) is 31.7 Å². The number of likely N-dealkylation sites (tertiary alicyclic amines) is 1. The Hall–Kier alpha value is -3.03. The molecular formula is C28H33FN2O4. The molecule has 1 N–H and O–H groups in total. The molecule has 2 aromatic rings. The van der Waals surface area contributed by atoms with E-state index in [2.05, 4.69) is 25.7 Å². The molecule has 1 atom stereocenters. The van der Waals surface area contributed by atoms with Crippen molar-refractivity contribution in [3.8, 4) is 0 Å². The Kier molecular flexibility index (Phi) is 7.38. The van der Waals surface area contributed by atoms with Crippen LogP contribution in [0.4, 0.5) is 4.39 Å². The number of carbonyl (C=O) groups is 2. The van der Waals surface area contributed by atoms with Gasteiger partial charge in [-0.25, -0.2) is 4.39 Å². The number of morpholine rings is 1. The van der Waals surface area contributed by atoms with Gasteiger partial charge in [0.1, 0.15) is 11.6 Å². The number of ether oxygens (including phenoxy) is 1. The highest BCUT2D eigenvalue weighted by molar-refractivity contribution is 6.46. The van der Waals surface area contributed by atoms with Crippen molar-refractivity contribution in [2.75, 3.05) is 39.4 Å². The summed E-state index contributed by atoms with van der Waals surface area (Å²) in [5.74, 6) is -2.08. The topological polar surface area (TPSA) is 70.1 Å². The summed E-state index contributed by atoms with van der Waals surface area (Å²) in [6, 6.07) is 12.4. The van der Waals surface area contributed by atoms with Gasteiger partial charge in [-0.15, -0.1) is 0 Å². The van der Waals surface area contributed by atoms with Crippen LogP contribution in [-0.2, 0) is 19.7 Å². The van der Waals surface area contributed by atoms with Crippen molar-refractivity contribution in [1.29, 1.82) is 0 Å². The maximum Gasteiger partial charge on any atom is 0.295 e. The molecule has 0 spiro atoms. The number of benzene rings is 2. The minimum absolute atomic E-state index is 0.0384. The number of amides is 1. The van der Waals surface area contributed by atoms with Gasteiger partial charge in [-0.05, 0) is 47.2 Å². The van der Waals surface area contributed by atoms with Crippen LogP contribution in [-0.4, -0.2) is 66.0 Å². The van der Waals surface area contributed by atoms with E-state index in [9.17, 15) is 19.1 Å². The molecule has 0 aliphatic carbocycles. The van der Waals surface area contributed by atoms with E-state index in [-0.39, 0.29) is 16.7 Å². The zero-order chi connectivity index (χ0) is 25.2. The van der Waals surface area contributed by atoms with Gasteiger partial charge in [-0.1, -0.05) is 45.0 Å². The lowest BCUT2D eigenvalue weighted by atomic mass is 9.85. The van der Waals surface area contributed by atoms with Gasteiger partial charge >= 0.3 is 0 Å². The smallest absolute Gasteiger partial charge is 0.295 e. The summed E-state index contributed by atoms with van der Waals surface area (Å²) in [5, 5.41) is 11.1. The molecular weight excluding hydrogens is 447 g/mol. The van der Waals surface area contributed by atoms with Crippen molar-refractivity contribution >= 4 is 17.4 Å². The number of nitrogens with zero attached hydrogens (tertiary/aromatic N) is 2. The van der Waals surface area contributed by atoms with Crippen LogP contribution in [0.1, 0.15) is 49.9 Å². The molecule has 2 aliphatic rings. The summed E-state index contributed by atoms with van der Waals surface area (Å²) in [5.41, 5.74) is 2.17. The summed E-state index contributed by atoms with van der Waals surface area (Å²) < 4.78 is 18.9. The van der Waals surface area contributed by atoms with Gasteiger partial charge in [0.2, 0.25) is 0 Å². The van der Waals surface area contributed by atoms with Crippen molar-refractivity contribution in [2.24, 2.45) is 0 Å². The van der Waals surface area contributed by atoms with Crippen molar-refractivity contribution in [1.82, 2.24) is 9.80 Å². The first-order chi connectivity index (χ1) is 16.7. The first-order valence-electron chi connectivity index (χ1n) is 12.1. The van der Waals surface area contributed by atoms with Crippen molar-refractivity contribution in [3.05, 3.63) is 76.6 Å². The van der Waals surface area contributed by atoms with E-state index >= 15 is 0 Å². The number of rotatable bonds is 6. The number of aliphatic hydroxyl groups is 1. The van der Waals surface area contributed by atoms with Crippen LogP contribution < -0.4 is 0 Å². The lowest BCUT2D eigenvalue weighted by molar-refractivity contribution is -0.140. The number of hydrogen-bond acceptors (Lipinski definition) is 5. The number of halogens is 1. The quantitative estimate of drug-likeness (QED) is 0.380. The summed E-state index contributed by atoms with van der Waals surface area (Å²) in [4.78, 5) is 30.1. The number of aliphatic hydroxyl groups excluding tert-OH is 1. The molecule has 186 valence electrons. The molecule has 2 aliphatic heterocycles. The molecule has 1 amide bonds. The summed E-state index contributed by atoms with van der Waals surface area (Å²) in [6.07, 6.45) is 0.695. The maximum atomic E-state index is 13.5. The Morgan fingerprint density at radius 1 is 1.00 bits per heavy atom. The summed E-state index contributed by atoms with van der Waals surface area (Å²) >= 11 is 0. The first kappa shape index (κ1) is 25.1. The first-order valence-corrected chi connectivity index (χ1v) is 12.1. The molecule has 2 heterocycles. The fourth-order valence-electron chi connectivity index (χ4n) is 4.68. The van der Waals surface area contributed by atoms with Crippen LogP contribution in [0.5, 0.6) is 0 Å². The number of ketones is 1. The van der Waals surface area contributed by atoms with Crippen molar-refractivity contribution in [2.45, 2.75) is 38.6 Å².